The van der Waals surface area contributed by atoms with E-state index < -0.39 is 0 Å². The van der Waals surface area contributed by atoms with Crippen LogP contribution in [-0.2, 0) is 18.6 Å². The van der Waals surface area contributed by atoms with Crippen molar-refractivity contribution in [3.63, 3.8) is 0 Å². The van der Waals surface area contributed by atoms with E-state index >= 15 is 0 Å². The summed E-state index contributed by atoms with van der Waals surface area (Å²) in [7, 11) is 0. The van der Waals surface area contributed by atoms with Crippen LogP contribution in [0.25, 0.3) is 0 Å². The molecular formula is C15H16Cl2N2S2. The van der Waals surface area contributed by atoms with Crippen molar-refractivity contribution >= 4 is 46.3 Å². The van der Waals surface area contributed by atoms with Gasteiger partial charge in [-0.2, -0.15) is 11.8 Å². The number of hydrazine groups is 1. The van der Waals surface area contributed by atoms with Crippen LogP contribution < -0.4 is 11.3 Å². The molecule has 0 saturated carbocycles. The highest BCUT2D eigenvalue weighted by molar-refractivity contribution is 7.98. The Morgan fingerprint density at radius 2 is 2.14 bits per heavy atom. The fourth-order valence-electron chi connectivity index (χ4n) is 2.50. The quantitative estimate of drug-likeness (QED) is 0.619. The molecule has 3 N–H and O–H groups in total. The summed E-state index contributed by atoms with van der Waals surface area (Å²) in [6.07, 6.45) is 1.91. The number of thioether (sulfide) groups is 1. The number of fused-ring (bicyclic) bond motifs is 1. The average Bonchev–Trinajstić information content (AvgIpc) is 2.91. The van der Waals surface area contributed by atoms with Gasteiger partial charge in [0.15, 0.2) is 0 Å². The Labute approximate surface area is 143 Å². The Morgan fingerprint density at radius 1 is 1.29 bits per heavy atom. The standard InChI is InChI=1S/C15H16Cl2N2S2/c16-11-1-2-12(17)9(5-11)6-13(19-18)15-7-10-8-20-4-3-14(10)21-15/h1-2,5,7,13,19H,3-4,6,8,18H2. The van der Waals surface area contributed by atoms with E-state index in [-0.39, 0.29) is 6.04 Å². The minimum atomic E-state index is 0.0709. The van der Waals surface area contributed by atoms with Gasteiger partial charge in [0.1, 0.15) is 0 Å². The molecule has 1 atom stereocenters. The predicted octanol–water partition coefficient (Wildman–Crippen LogP) is 4.59. The van der Waals surface area contributed by atoms with Crippen LogP contribution in [0.5, 0.6) is 0 Å². The molecule has 0 spiro atoms. The van der Waals surface area contributed by atoms with E-state index in [1.165, 1.54) is 27.5 Å². The number of rotatable bonds is 4. The molecule has 1 aliphatic rings. The fourth-order valence-corrected chi connectivity index (χ4v) is 5.33. The Bertz CT molecular complexity index is 619. The smallest absolute Gasteiger partial charge is 0.0594 e. The number of hydrogen-bond acceptors (Lipinski definition) is 4. The van der Waals surface area contributed by atoms with E-state index in [4.69, 9.17) is 29.0 Å². The highest BCUT2D eigenvalue weighted by Crippen LogP contribution is 2.36. The third kappa shape index (κ3) is 3.58. The molecule has 2 heterocycles. The molecular weight excluding hydrogens is 343 g/mol. The summed E-state index contributed by atoms with van der Waals surface area (Å²) in [6, 6.07) is 7.91. The second-order valence-corrected chi connectivity index (χ2v) is 8.18. The van der Waals surface area contributed by atoms with Crippen LogP contribution in [-0.4, -0.2) is 5.75 Å². The van der Waals surface area contributed by atoms with E-state index in [9.17, 15) is 0 Å². The maximum atomic E-state index is 6.26. The van der Waals surface area contributed by atoms with Crippen molar-refractivity contribution in [3.8, 4) is 0 Å². The maximum absolute atomic E-state index is 6.26. The van der Waals surface area contributed by atoms with Crippen molar-refractivity contribution in [2.45, 2.75) is 24.6 Å². The fraction of sp³-hybridized carbons (Fsp3) is 0.333. The van der Waals surface area contributed by atoms with E-state index in [2.05, 4.69) is 11.5 Å². The molecule has 2 aromatic rings. The molecule has 0 saturated heterocycles. The number of benzene rings is 1. The third-order valence-electron chi connectivity index (χ3n) is 3.62. The first-order chi connectivity index (χ1) is 10.2. The van der Waals surface area contributed by atoms with E-state index in [1.807, 2.05) is 35.2 Å². The van der Waals surface area contributed by atoms with Crippen LogP contribution in [0.3, 0.4) is 0 Å². The van der Waals surface area contributed by atoms with Gasteiger partial charge in [-0.05, 0) is 54.0 Å². The van der Waals surface area contributed by atoms with Gasteiger partial charge in [0.25, 0.3) is 0 Å². The highest BCUT2D eigenvalue weighted by atomic mass is 35.5. The molecule has 1 aromatic carbocycles. The predicted molar refractivity (Wildman–Crippen MR) is 94.4 cm³/mol. The number of hydrogen-bond donors (Lipinski definition) is 2. The van der Waals surface area contributed by atoms with E-state index in [1.54, 1.807) is 6.07 Å². The molecule has 0 fully saturated rings. The molecule has 6 heteroatoms. The number of nitrogens with one attached hydrogen (secondary N) is 1. The van der Waals surface area contributed by atoms with Crippen LogP contribution in [0.4, 0.5) is 0 Å². The molecule has 0 aliphatic carbocycles. The Morgan fingerprint density at radius 3 is 2.90 bits per heavy atom. The summed E-state index contributed by atoms with van der Waals surface area (Å²) >= 11 is 16.2. The van der Waals surface area contributed by atoms with Crippen LogP contribution in [0.1, 0.15) is 26.9 Å². The second kappa shape index (κ2) is 6.90. The molecule has 2 nitrogen and oxygen atoms in total. The van der Waals surface area contributed by atoms with Gasteiger partial charge in [-0.3, -0.25) is 11.3 Å². The first kappa shape index (κ1) is 15.7. The molecule has 1 unspecified atom stereocenters. The Balaban J connectivity index is 1.84. The minimum Gasteiger partial charge on any atom is -0.271 e. The first-order valence-electron chi connectivity index (χ1n) is 6.76. The second-order valence-electron chi connectivity index (χ2n) is 5.06. The molecule has 0 amide bonds. The summed E-state index contributed by atoms with van der Waals surface area (Å²) in [5.74, 6) is 8.10. The Hall–Kier alpha value is -0.230. The lowest BCUT2D eigenvalue weighted by atomic mass is 10.0. The lowest BCUT2D eigenvalue weighted by molar-refractivity contribution is 0.560. The van der Waals surface area contributed by atoms with E-state index in [0.717, 1.165) is 22.8 Å². The van der Waals surface area contributed by atoms with Crippen molar-refractivity contribution in [1.82, 2.24) is 5.43 Å². The summed E-state index contributed by atoms with van der Waals surface area (Å²) in [4.78, 5) is 2.78. The minimum absolute atomic E-state index is 0.0709. The van der Waals surface area contributed by atoms with Gasteiger partial charge in [-0.15, -0.1) is 11.3 Å². The SMILES string of the molecule is NNC(Cc1cc(Cl)ccc1Cl)c1cc2c(s1)CCSC2. The van der Waals surface area contributed by atoms with Crippen LogP contribution in [0, 0.1) is 0 Å². The van der Waals surface area contributed by atoms with Gasteiger partial charge in [-0.25, -0.2) is 0 Å². The Kier molecular flexibility index (Phi) is 5.15. The maximum Gasteiger partial charge on any atom is 0.0594 e. The van der Waals surface area contributed by atoms with Gasteiger partial charge in [0.2, 0.25) is 0 Å². The third-order valence-corrected chi connectivity index (χ3v) is 6.59. The van der Waals surface area contributed by atoms with Gasteiger partial charge >= 0.3 is 0 Å². The monoisotopic (exact) mass is 358 g/mol. The van der Waals surface area contributed by atoms with Crippen molar-refractivity contribution < 1.29 is 0 Å². The zero-order valence-corrected chi connectivity index (χ0v) is 14.5. The highest BCUT2D eigenvalue weighted by Gasteiger charge is 2.20. The van der Waals surface area contributed by atoms with Crippen LogP contribution in [0.2, 0.25) is 10.0 Å². The largest absolute Gasteiger partial charge is 0.271 e. The first-order valence-corrected chi connectivity index (χ1v) is 9.49. The number of halogens is 2. The zero-order valence-electron chi connectivity index (χ0n) is 11.4. The van der Waals surface area contributed by atoms with Crippen LogP contribution in [0.15, 0.2) is 24.3 Å². The molecule has 21 heavy (non-hydrogen) atoms. The number of thiophene rings is 1. The van der Waals surface area contributed by atoms with Crippen molar-refractivity contribution in [2.24, 2.45) is 5.84 Å². The van der Waals surface area contributed by atoms with Gasteiger partial charge in [0.05, 0.1) is 6.04 Å². The van der Waals surface area contributed by atoms with Crippen molar-refractivity contribution in [2.75, 3.05) is 5.75 Å². The molecule has 3 rings (SSSR count). The number of aryl methyl sites for hydroxylation is 1. The van der Waals surface area contributed by atoms with Crippen molar-refractivity contribution in [1.29, 1.82) is 0 Å². The molecule has 112 valence electrons. The lowest BCUT2D eigenvalue weighted by Gasteiger charge is -2.15. The summed E-state index contributed by atoms with van der Waals surface area (Å²) in [6.45, 7) is 0. The average molecular weight is 359 g/mol. The summed E-state index contributed by atoms with van der Waals surface area (Å²) in [5.41, 5.74) is 5.41. The van der Waals surface area contributed by atoms with Crippen LogP contribution >= 0.6 is 46.3 Å². The van der Waals surface area contributed by atoms with Gasteiger partial charge in [0, 0.05) is 25.6 Å². The topological polar surface area (TPSA) is 38.0 Å². The zero-order chi connectivity index (χ0) is 14.8. The summed E-state index contributed by atoms with van der Waals surface area (Å²) in [5, 5.41) is 1.43. The molecule has 0 radical (unpaired) electrons. The van der Waals surface area contributed by atoms with Crippen molar-refractivity contribution in [3.05, 3.63) is 55.2 Å². The van der Waals surface area contributed by atoms with Gasteiger partial charge < -0.3 is 0 Å². The van der Waals surface area contributed by atoms with Gasteiger partial charge in [-0.1, -0.05) is 23.2 Å². The molecule has 1 aliphatic heterocycles. The number of nitrogens with two attached hydrogens (primary N) is 1. The summed E-state index contributed by atoms with van der Waals surface area (Å²) < 4.78 is 0. The van der Waals surface area contributed by atoms with E-state index in [0.29, 0.717) is 5.02 Å². The molecule has 0 bridgehead atoms. The molecule has 1 aromatic heterocycles. The lowest BCUT2D eigenvalue weighted by Crippen LogP contribution is -2.29. The normalized spacial score (nSPS) is 15.8.